The molecule has 0 heterocycles. The molecule has 3 aromatic carbocycles. The van der Waals surface area contributed by atoms with Crippen LogP contribution in [0.5, 0.6) is 0 Å². The first-order valence-electron chi connectivity index (χ1n) is 12.5. The zero-order chi connectivity index (χ0) is 30.2. The molecule has 0 unspecified atom stereocenters. The van der Waals surface area contributed by atoms with Gasteiger partial charge in [-0.2, -0.15) is 8.42 Å². The van der Waals surface area contributed by atoms with Gasteiger partial charge in [0, 0.05) is 6.21 Å². The van der Waals surface area contributed by atoms with Crippen LogP contribution in [0.2, 0.25) is 0 Å². The summed E-state index contributed by atoms with van der Waals surface area (Å²) in [5.74, 6) is -2.55. The van der Waals surface area contributed by atoms with Gasteiger partial charge in [-0.05, 0) is 57.2 Å². The minimum absolute atomic E-state index is 0.115. The molecule has 0 radical (unpaired) electrons. The molecule has 3 aromatic rings. The van der Waals surface area contributed by atoms with Crippen molar-refractivity contribution in [1.29, 1.82) is 5.41 Å². The largest absolute Gasteiger partial charge is 0.459 e. The van der Waals surface area contributed by atoms with E-state index in [1.807, 2.05) is 20.8 Å². The molecule has 0 aliphatic rings. The standard InChI is InChI=1S/C30H31NO9S/c1-19-5-11-22(12-6-19)28(32)37-18-26(40-41(4,35)36)27(39-30(34)24-15-9-21(3)10-16-24)25(17-31)38-29(33)23-13-7-20(2)8-14-23/h5-17,25-27,31H,18H2,1-4H3/t25-,26-,27+/m1/s1. The molecular formula is C30H31NO9S. The first kappa shape index (κ1) is 31.2. The van der Waals surface area contributed by atoms with E-state index in [1.165, 1.54) is 36.4 Å². The predicted octanol–water partition coefficient (Wildman–Crippen LogP) is 4.21. The second-order valence-electron chi connectivity index (χ2n) is 9.44. The monoisotopic (exact) mass is 581 g/mol. The maximum Gasteiger partial charge on any atom is 0.338 e. The highest BCUT2D eigenvalue weighted by Crippen LogP contribution is 2.19. The molecule has 0 saturated carbocycles. The number of ether oxygens (including phenoxy) is 3. The van der Waals surface area contributed by atoms with Crippen molar-refractivity contribution in [2.45, 2.75) is 39.1 Å². The number of rotatable bonds is 12. The highest BCUT2D eigenvalue weighted by molar-refractivity contribution is 7.86. The van der Waals surface area contributed by atoms with Crippen molar-refractivity contribution >= 4 is 34.2 Å². The molecule has 0 amide bonds. The van der Waals surface area contributed by atoms with E-state index in [0.717, 1.165) is 22.9 Å². The number of benzene rings is 3. The lowest BCUT2D eigenvalue weighted by Gasteiger charge is -2.30. The van der Waals surface area contributed by atoms with Gasteiger partial charge in [0.1, 0.15) is 6.61 Å². The summed E-state index contributed by atoms with van der Waals surface area (Å²) in [6.07, 6.45) is -3.54. The first-order valence-corrected chi connectivity index (χ1v) is 14.4. The van der Waals surface area contributed by atoms with E-state index < -0.39 is 52.9 Å². The quantitative estimate of drug-likeness (QED) is 0.144. The average molecular weight is 582 g/mol. The van der Waals surface area contributed by atoms with Crippen molar-refractivity contribution in [2.75, 3.05) is 12.9 Å². The van der Waals surface area contributed by atoms with Crippen molar-refractivity contribution < 1.29 is 41.2 Å². The van der Waals surface area contributed by atoms with E-state index in [1.54, 1.807) is 36.4 Å². The molecule has 41 heavy (non-hydrogen) atoms. The lowest BCUT2D eigenvalue weighted by Crippen LogP contribution is -2.48. The van der Waals surface area contributed by atoms with Gasteiger partial charge in [0.05, 0.1) is 22.9 Å². The van der Waals surface area contributed by atoms with Crippen molar-refractivity contribution in [2.24, 2.45) is 0 Å². The van der Waals surface area contributed by atoms with Crippen LogP contribution < -0.4 is 0 Å². The second kappa shape index (κ2) is 13.8. The summed E-state index contributed by atoms with van der Waals surface area (Å²) in [5.41, 5.74) is 3.14. The van der Waals surface area contributed by atoms with Crippen LogP contribution >= 0.6 is 0 Å². The van der Waals surface area contributed by atoms with Crippen molar-refractivity contribution in [3.63, 3.8) is 0 Å². The minimum atomic E-state index is -4.22. The van der Waals surface area contributed by atoms with Crippen LogP contribution in [-0.2, 0) is 28.5 Å². The highest BCUT2D eigenvalue weighted by Gasteiger charge is 2.39. The topological polar surface area (TPSA) is 146 Å². The molecule has 11 heteroatoms. The molecule has 10 nitrogen and oxygen atoms in total. The third-order valence-corrected chi connectivity index (χ3v) is 6.48. The number of aryl methyl sites for hydroxylation is 3. The fourth-order valence-corrected chi connectivity index (χ4v) is 4.26. The molecule has 0 spiro atoms. The summed E-state index contributed by atoms with van der Waals surface area (Å²) in [5, 5.41) is 7.95. The Morgan fingerprint density at radius 1 is 0.707 bits per heavy atom. The Labute approximate surface area is 238 Å². The van der Waals surface area contributed by atoms with Crippen molar-refractivity contribution in [1.82, 2.24) is 0 Å². The first-order chi connectivity index (χ1) is 19.4. The lowest BCUT2D eigenvalue weighted by atomic mass is 10.1. The normalized spacial score (nSPS) is 13.4. The number of esters is 3. The van der Waals surface area contributed by atoms with Crippen molar-refractivity contribution in [3.8, 4) is 0 Å². The van der Waals surface area contributed by atoms with Gasteiger partial charge in [-0.1, -0.05) is 53.1 Å². The summed E-state index contributed by atoms with van der Waals surface area (Å²) in [7, 11) is -4.22. The second-order valence-corrected chi connectivity index (χ2v) is 11.0. The van der Waals surface area contributed by atoms with Crippen LogP contribution in [0.3, 0.4) is 0 Å². The fraction of sp³-hybridized carbons (Fsp3) is 0.267. The highest BCUT2D eigenvalue weighted by atomic mass is 32.2. The van der Waals surface area contributed by atoms with E-state index in [9.17, 15) is 22.8 Å². The summed E-state index contributed by atoms with van der Waals surface area (Å²) in [6, 6.07) is 19.2. The van der Waals surface area contributed by atoms with E-state index in [-0.39, 0.29) is 16.7 Å². The summed E-state index contributed by atoms with van der Waals surface area (Å²) in [6.45, 7) is 4.79. The number of carbonyl (C=O) groups is 3. The maximum absolute atomic E-state index is 13.1. The van der Waals surface area contributed by atoms with Gasteiger partial charge in [-0.3, -0.25) is 4.18 Å². The molecule has 3 atom stereocenters. The molecule has 0 saturated heterocycles. The Morgan fingerprint density at radius 3 is 1.49 bits per heavy atom. The lowest BCUT2D eigenvalue weighted by molar-refractivity contribution is -0.0679. The van der Waals surface area contributed by atoms with Gasteiger partial charge in [0.2, 0.25) is 0 Å². The Balaban J connectivity index is 1.94. The average Bonchev–Trinajstić information content (AvgIpc) is 2.93. The molecule has 0 bridgehead atoms. The molecule has 0 aliphatic heterocycles. The Kier molecular flexibility index (Phi) is 10.5. The summed E-state index contributed by atoms with van der Waals surface area (Å²) in [4.78, 5) is 38.7. The van der Waals surface area contributed by atoms with Gasteiger partial charge in [0.15, 0.2) is 18.3 Å². The number of nitrogens with one attached hydrogen (secondary N) is 1. The van der Waals surface area contributed by atoms with E-state index >= 15 is 0 Å². The van der Waals surface area contributed by atoms with Crippen LogP contribution in [0.25, 0.3) is 0 Å². The SMILES string of the molecule is Cc1ccc(C(=O)OC[C@@H](OS(C)(=O)=O)[C@@H](OC(=O)c2ccc(C)cc2)[C@@H](C=N)OC(=O)c2ccc(C)cc2)cc1. The van der Waals surface area contributed by atoms with Crippen LogP contribution in [-0.4, -0.2) is 63.7 Å². The van der Waals surface area contributed by atoms with E-state index in [0.29, 0.717) is 6.21 Å². The summed E-state index contributed by atoms with van der Waals surface area (Å²) >= 11 is 0. The van der Waals surface area contributed by atoms with Gasteiger partial charge >= 0.3 is 17.9 Å². The van der Waals surface area contributed by atoms with Crippen LogP contribution in [0.15, 0.2) is 72.8 Å². The molecule has 1 N–H and O–H groups in total. The van der Waals surface area contributed by atoms with Gasteiger partial charge in [-0.25, -0.2) is 14.4 Å². The molecular weight excluding hydrogens is 550 g/mol. The molecule has 3 rings (SSSR count). The van der Waals surface area contributed by atoms with Crippen LogP contribution in [0.4, 0.5) is 0 Å². The van der Waals surface area contributed by atoms with Gasteiger partial charge in [0.25, 0.3) is 10.1 Å². The van der Waals surface area contributed by atoms with Crippen LogP contribution in [0, 0.1) is 26.2 Å². The number of hydrogen-bond donors (Lipinski definition) is 1. The maximum atomic E-state index is 13.1. The predicted molar refractivity (Wildman–Crippen MR) is 151 cm³/mol. The van der Waals surface area contributed by atoms with Crippen molar-refractivity contribution in [3.05, 3.63) is 106 Å². The van der Waals surface area contributed by atoms with E-state index in [2.05, 4.69) is 0 Å². The Hall–Kier alpha value is -4.35. The number of hydrogen-bond acceptors (Lipinski definition) is 10. The molecule has 216 valence electrons. The third-order valence-electron chi connectivity index (χ3n) is 5.88. The molecule has 0 aromatic heterocycles. The van der Waals surface area contributed by atoms with Gasteiger partial charge < -0.3 is 19.6 Å². The Bertz CT molecular complexity index is 1480. The summed E-state index contributed by atoms with van der Waals surface area (Å²) < 4.78 is 46.0. The van der Waals surface area contributed by atoms with Gasteiger partial charge in [-0.15, -0.1) is 0 Å². The fourth-order valence-electron chi connectivity index (χ4n) is 3.65. The minimum Gasteiger partial charge on any atom is -0.459 e. The zero-order valence-corrected chi connectivity index (χ0v) is 23.8. The van der Waals surface area contributed by atoms with Crippen LogP contribution in [0.1, 0.15) is 47.8 Å². The molecule has 0 aliphatic carbocycles. The smallest absolute Gasteiger partial charge is 0.338 e. The Morgan fingerprint density at radius 2 is 1.10 bits per heavy atom. The third kappa shape index (κ3) is 9.37. The number of carbonyl (C=O) groups excluding carboxylic acids is 3. The van der Waals surface area contributed by atoms with E-state index in [4.69, 9.17) is 23.8 Å². The molecule has 0 fully saturated rings. The zero-order valence-electron chi connectivity index (χ0n) is 23.0.